The smallest absolute Gasteiger partial charge is 0.325 e. The Morgan fingerprint density at radius 2 is 1.85 bits per heavy atom. The predicted molar refractivity (Wildman–Crippen MR) is 202 cm³/mol. The molecule has 15 heteroatoms. The average molecular weight is 783 g/mol. The Bertz CT molecular complexity index is 1630. The summed E-state index contributed by atoms with van der Waals surface area (Å²) in [6, 6.07) is 7.02. The standard InChI is InChI=1S/C37H50Cl3N5O7/c1-7-26-13-12-25-11-10-24(17-28(25)41-26)14-15-35(4,5)34(49)43-30(23(2)3)31(46)42-29(18-50-19-36(6)20-51-21-36)32(47)45-16-8-9-27(44-45)33(48)52-22-37(38,39)40/h10-15,17,23,27,29-30,44H,7-9,16,18-22H2,1-6H3,(H,42,46)(H,43,49)/b15-14+. The number of benzene rings is 1. The first-order valence-electron chi connectivity index (χ1n) is 17.6. The lowest BCUT2D eigenvalue weighted by Crippen LogP contribution is -2.63. The molecule has 52 heavy (non-hydrogen) atoms. The first-order chi connectivity index (χ1) is 24.4. The van der Waals surface area contributed by atoms with Gasteiger partial charge in [-0.25, -0.2) is 5.43 Å². The number of hydrogen-bond donors (Lipinski definition) is 3. The molecule has 3 atom stereocenters. The Labute approximate surface area is 320 Å². The number of hydrazine groups is 1. The molecule has 0 radical (unpaired) electrons. The van der Waals surface area contributed by atoms with E-state index in [0.717, 1.165) is 28.6 Å². The molecule has 286 valence electrons. The van der Waals surface area contributed by atoms with E-state index in [-0.39, 0.29) is 30.4 Å². The van der Waals surface area contributed by atoms with Crippen molar-refractivity contribution < 1.29 is 33.4 Å². The molecule has 0 spiro atoms. The van der Waals surface area contributed by atoms with Gasteiger partial charge >= 0.3 is 5.97 Å². The second-order valence-electron chi connectivity index (χ2n) is 14.8. The normalized spacial score (nSPS) is 18.9. The summed E-state index contributed by atoms with van der Waals surface area (Å²) < 4.78 is 14.6. The minimum absolute atomic E-state index is 0.145. The number of amides is 3. The third-order valence-corrected chi connectivity index (χ3v) is 9.34. The summed E-state index contributed by atoms with van der Waals surface area (Å²) in [7, 11) is 0. The van der Waals surface area contributed by atoms with E-state index in [0.29, 0.717) is 32.7 Å². The molecular formula is C37H50Cl3N5O7. The van der Waals surface area contributed by atoms with Gasteiger partial charge in [0.15, 0.2) is 0 Å². The molecule has 0 bridgehead atoms. The quantitative estimate of drug-likeness (QED) is 0.169. The van der Waals surface area contributed by atoms with Crippen LogP contribution in [0.2, 0.25) is 0 Å². The van der Waals surface area contributed by atoms with E-state index in [2.05, 4.69) is 23.0 Å². The summed E-state index contributed by atoms with van der Waals surface area (Å²) in [6.45, 7) is 12.2. The van der Waals surface area contributed by atoms with E-state index >= 15 is 0 Å². The van der Waals surface area contributed by atoms with Crippen LogP contribution in [0.3, 0.4) is 0 Å². The van der Waals surface area contributed by atoms with Gasteiger partial charge in [-0.2, -0.15) is 0 Å². The van der Waals surface area contributed by atoms with E-state index in [1.807, 2.05) is 57.2 Å². The van der Waals surface area contributed by atoms with Crippen molar-refractivity contribution in [2.75, 3.05) is 39.6 Å². The monoisotopic (exact) mass is 781 g/mol. The Morgan fingerprint density at radius 3 is 2.48 bits per heavy atom. The molecule has 3 heterocycles. The molecular weight excluding hydrogens is 733 g/mol. The molecule has 0 aliphatic carbocycles. The van der Waals surface area contributed by atoms with Gasteiger partial charge < -0.3 is 24.8 Å². The first kappa shape index (κ1) is 41.8. The van der Waals surface area contributed by atoms with Crippen molar-refractivity contribution in [2.45, 2.75) is 82.7 Å². The molecule has 0 saturated carbocycles. The van der Waals surface area contributed by atoms with E-state index in [9.17, 15) is 19.2 Å². The summed E-state index contributed by atoms with van der Waals surface area (Å²) in [6.07, 6.45) is 5.36. The van der Waals surface area contributed by atoms with Gasteiger partial charge in [-0.15, -0.1) is 0 Å². The zero-order chi connectivity index (χ0) is 38.3. The number of esters is 1. The van der Waals surface area contributed by atoms with Crippen molar-refractivity contribution in [2.24, 2.45) is 16.7 Å². The second kappa shape index (κ2) is 17.9. The minimum atomic E-state index is -1.78. The second-order valence-corrected chi connectivity index (χ2v) is 17.3. The van der Waals surface area contributed by atoms with E-state index in [1.165, 1.54) is 5.01 Å². The number of pyridine rings is 1. The molecule has 3 amide bonds. The highest BCUT2D eigenvalue weighted by atomic mass is 35.6. The number of nitrogens with zero attached hydrogens (tertiary/aromatic N) is 2. The van der Waals surface area contributed by atoms with Crippen molar-refractivity contribution >= 4 is 75.5 Å². The maximum atomic E-state index is 13.9. The van der Waals surface area contributed by atoms with Crippen LogP contribution in [0.5, 0.6) is 0 Å². The van der Waals surface area contributed by atoms with Crippen molar-refractivity contribution in [1.82, 2.24) is 26.1 Å². The topological polar surface area (TPSA) is 148 Å². The molecule has 2 fully saturated rings. The van der Waals surface area contributed by atoms with Crippen LogP contribution in [0, 0.1) is 16.7 Å². The van der Waals surface area contributed by atoms with Gasteiger partial charge in [-0.1, -0.05) is 92.8 Å². The van der Waals surface area contributed by atoms with Crippen LogP contribution in [-0.4, -0.2) is 95.2 Å². The summed E-state index contributed by atoms with van der Waals surface area (Å²) in [5.74, 6) is -2.44. The third-order valence-electron chi connectivity index (χ3n) is 9.01. The van der Waals surface area contributed by atoms with E-state index in [4.69, 9.17) is 54.0 Å². The van der Waals surface area contributed by atoms with Gasteiger partial charge in [0.25, 0.3) is 5.91 Å². The number of carbonyl (C=O) groups is 4. The maximum Gasteiger partial charge on any atom is 0.325 e. The Morgan fingerprint density at radius 1 is 1.13 bits per heavy atom. The number of carbonyl (C=O) groups excluding carboxylic acids is 4. The SMILES string of the molecule is CCc1ccc2ccc(/C=C/C(C)(C)C(=O)NC(C(=O)NC(COCC3(C)COC3)C(=O)N3CCCC(C(=O)OCC(Cl)(Cl)Cl)N3)C(C)C)cc2n1. The number of ether oxygens (including phenoxy) is 3. The van der Waals surface area contributed by atoms with Crippen molar-refractivity contribution in [1.29, 1.82) is 0 Å². The molecule has 3 unspecified atom stereocenters. The van der Waals surface area contributed by atoms with Gasteiger partial charge in [0, 0.05) is 23.0 Å². The highest BCUT2D eigenvalue weighted by Gasteiger charge is 2.38. The van der Waals surface area contributed by atoms with Crippen molar-refractivity contribution in [3.63, 3.8) is 0 Å². The number of aromatic nitrogens is 1. The number of halogens is 3. The molecule has 2 aliphatic rings. The maximum absolute atomic E-state index is 13.9. The largest absolute Gasteiger partial charge is 0.460 e. The van der Waals surface area contributed by atoms with Crippen molar-refractivity contribution in [3.05, 3.63) is 47.7 Å². The lowest BCUT2D eigenvalue weighted by molar-refractivity contribution is -0.156. The summed E-state index contributed by atoms with van der Waals surface area (Å²) in [4.78, 5) is 58.8. The number of hydrogen-bond acceptors (Lipinski definition) is 9. The summed E-state index contributed by atoms with van der Waals surface area (Å²) in [5, 5.41) is 8.02. The molecule has 3 N–H and O–H groups in total. The molecule has 1 aromatic heterocycles. The highest BCUT2D eigenvalue weighted by Crippen LogP contribution is 2.28. The number of fused-ring (bicyclic) bond motifs is 1. The number of rotatable bonds is 15. The van der Waals surface area contributed by atoms with Crippen LogP contribution < -0.4 is 16.1 Å². The summed E-state index contributed by atoms with van der Waals surface area (Å²) in [5.41, 5.74) is 4.47. The lowest BCUT2D eigenvalue weighted by atomic mass is 9.89. The zero-order valence-electron chi connectivity index (χ0n) is 30.6. The molecule has 2 aromatic rings. The van der Waals surface area contributed by atoms with Gasteiger partial charge in [0.1, 0.15) is 24.7 Å². The molecule has 12 nitrogen and oxygen atoms in total. The molecule has 1 aromatic carbocycles. The Hall–Kier alpha value is -3.00. The number of alkyl halides is 3. The predicted octanol–water partition coefficient (Wildman–Crippen LogP) is 4.92. The minimum Gasteiger partial charge on any atom is -0.460 e. The van der Waals surface area contributed by atoms with Crippen LogP contribution in [0.4, 0.5) is 0 Å². The summed E-state index contributed by atoms with van der Waals surface area (Å²) >= 11 is 17.2. The third kappa shape index (κ3) is 11.8. The molecule has 2 saturated heterocycles. The van der Waals surface area contributed by atoms with Gasteiger partial charge in [-0.05, 0) is 56.7 Å². The fourth-order valence-corrected chi connectivity index (χ4v) is 5.83. The van der Waals surface area contributed by atoms with E-state index in [1.54, 1.807) is 19.9 Å². The van der Waals surface area contributed by atoms with Crippen LogP contribution in [-0.2, 0) is 39.8 Å². The van der Waals surface area contributed by atoms with Crippen LogP contribution in [0.15, 0.2) is 36.4 Å². The van der Waals surface area contributed by atoms with E-state index < -0.39 is 51.7 Å². The van der Waals surface area contributed by atoms with Crippen LogP contribution in [0.1, 0.15) is 65.6 Å². The molecule has 2 aliphatic heterocycles. The fourth-order valence-electron chi connectivity index (χ4n) is 5.67. The zero-order valence-corrected chi connectivity index (χ0v) is 32.9. The van der Waals surface area contributed by atoms with Gasteiger partial charge in [0.05, 0.1) is 37.4 Å². The van der Waals surface area contributed by atoms with Gasteiger partial charge in [-0.3, -0.25) is 29.2 Å². The Balaban J connectivity index is 1.45. The first-order valence-corrected chi connectivity index (χ1v) is 18.7. The molecule has 4 rings (SSSR count). The number of aryl methyl sites for hydroxylation is 1. The van der Waals surface area contributed by atoms with Crippen LogP contribution in [0.25, 0.3) is 17.0 Å². The van der Waals surface area contributed by atoms with Crippen molar-refractivity contribution in [3.8, 4) is 0 Å². The highest BCUT2D eigenvalue weighted by molar-refractivity contribution is 6.67. The fraction of sp³-hybridized carbons (Fsp3) is 0.595. The van der Waals surface area contributed by atoms with Gasteiger partial charge in [0.2, 0.25) is 15.6 Å². The average Bonchev–Trinajstić information content (AvgIpc) is 3.09. The Kier molecular flexibility index (Phi) is 14.4. The number of nitrogens with one attached hydrogen (secondary N) is 3. The lowest BCUT2D eigenvalue weighted by Gasteiger charge is -2.38. The van der Waals surface area contributed by atoms with Crippen LogP contribution >= 0.6 is 34.8 Å².